The number of carbonyl (C=O) groups is 3. The Morgan fingerprint density at radius 2 is 1.94 bits per heavy atom. The Kier molecular flexibility index (Phi) is 7.31. The zero-order valence-corrected chi connectivity index (χ0v) is 10.5. The van der Waals surface area contributed by atoms with Gasteiger partial charge >= 0.3 is 12.0 Å². The Bertz CT molecular complexity index is 296. The van der Waals surface area contributed by atoms with Gasteiger partial charge in [0.25, 0.3) is 0 Å². The number of carboxylic acids is 1. The van der Waals surface area contributed by atoms with Crippen LogP contribution in [0.4, 0.5) is 4.79 Å². The number of imide groups is 1. The molecule has 0 aliphatic rings. The zero-order valence-electron chi connectivity index (χ0n) is 9.73. The summed E-state index contributed by atoms with van der Waals surface area (Å²) in [5.41, 5.74) is 5.24. The molecule has 0 unspecified atom stereocenters. The van der Waals surface area contributed by atoms with Crippen LogP contribution in [0, 0.1) is 0 Å². The Morgan fingerprint density at radius 3 is 2.41 bits per heavy atom. The highest BCUT2D eigenvalue weighted by Gasteiger charge is 2.13. The summed E-state index contributed by atoms with van der Waals surface area (Å²) in [5, 5.41) is 13.1. The number of carbonyl (C=O) groups excluding carboxylic acids is 2. The number of hydrogen-bond donors (Lipinski definition) is 4. The number of nitrogens with two attached hydrogens (primary N) is 1. The van der Waals surface area contributed by atoms with Crippen molar-refractivity contribution in [3.8, 4) is 0 Å². The number of nitrogens with one attached hydrogen (secondary N) is 2. The summed E-state index contributed by atoms with van der Waals surface area (Å²) in [6.07, 6.45) is 0. The lowest BCUT2D eigenvalue weighted by Gasteiger charge is -2.09. The molecule has 17 heavy (non-hydrogen) atoms. The van der Waals surface area contributed by atoms with Gasteiger partial charge in [0.2, 0.25) is 5.91 Å². The molecule has 3 amide bonds. The third-order valence-corrected chi connectivity index (χ3v) is 2.58. The summed E-state index contributed by atoms with van der Waals surface area (Å²) in [6.45, 7) is 3.54. The van der Waals surface area contributed by atoms with Crippen molar-refractivity contribution in [1.29, 1.82) is 0 Å². The van der Waals surface area contributed by atoms with E-state index in [0.29, 0.717) is 0 Å². The van der Waals surface area contributed by atoms with Crippen molar-refractivity contribution in [1.82, 2.24) is 10.6 Å². The summed E-state index contributed by atoms with van der Waals surface area (Å²) in [4.78, 5) is 32.7. The monoisotopic (exact) mass is 263 g/mol. The van der Waals surface area contributed by atoms with E-state index in [2.05, 4.69) is 10.6 Å². The van der Waals surface area contributed by atoms with Crippen molar-refractivity contribution in [3.05, 3.63) is 0 Å². The Morgan fingerprint density at radius 1 is 1.35 bits per heavy atom. The molecule has 0 aromatic carbocycles. The van der Waals surface area contributed by atoms with E-state index < -0.39 is 23.9 Å². The molecule has 0 radical (unpaired) electrons. The number of hydrogen-bond acceptors (Lipinski definition) is 5. The van der Waals surface area contributed by atoms with E-state index in [9.17, 15) is 14.4 Å². The average molecular weight is 263 g/mol. The van der Waals surface area contributed by atoms with Gasteiger partial charge in [0.1, 0.15) is 6.04 Å². The molecule has 5 N–H and O–H groups in total. The molecule has 0 aliphatic carbocycles. The van der Waals surface area contributed by atoms with Crippen molar-refractivity contribution in [2.75, 3.05) is 11.5 Å². The van der Waals surface area contributed by atoms with Crippen LogP contribution in [0.3, 0.4) is 0 Å². The molecule has 0 aromatic rings. The van der Waals surface area contributed by atoms with Crippen LogP contribution in [0.1, 0.15) is 13.8 Å². The Balaban J connectivity index is 3.73. The van der Waals surface area contributed by atoms with E-state index in [1.807, 2.05) is 0 Å². The van der Waals surface area contributed by atoms with E-state index in [0.717, 1.165) is 11.8 Å². The minimum Gasteiger partial charge on any atom is -0.480 e. The molecule has 0 aromatic heterocycles. The van der Waals surface area contributed by atoms with Gasteiger partial charge in [-0.15, -0.1) is 11.8 Å². The third kappa shape index (κ3) is 8.52. The average Bonchev–Trinajstić information content (AvgIpc) is 2.15. The van der Waals surface area contributed by atoms with Gasteiger partial charge < -0.3 is 16.2 Å². The number of amides is 3. The molecule has 98 valence electrons. The molecule has 0 rings (SSSR count). The van der Waals surface area contributed by atoms with Crippen LogP contribution in [0.2, 0.25) is 0 Å². The molecule has 0 bridgehead atoms. The molecule has 8 heteroatoms. The number of carboxylic acid groups (broad SMARTS) is 1. The molecule has 0 aliphatic heterocycles. The van der Waals surface area contributed by atoms with Gasteiger partial charge in [-0.3, -0.25) is 14.9 Å². The normalized spacial score (nSPS) is 12.0. The van der Waals surface area contributed by atoms with Gasteiger partial charge in [0.15, 0.2) is 0 Å². The van der Waals surface area contributed by atoms with Crippen LogP contribution >= 0.6 is 11.8 Å². The van der Waals surface area contributed by atoms with E-state index in [1.165, 1.54) is 0 Å². The highest BCUT2D eigenvalue weighted by Crippen LogP contribution is 2.01. The molecule has 1 atom stereocenters. The molecular weight excluding hydrogens is 246 g/mol. The SMILES string of the molecule is CC(C)NC(=O)NC(=O)CSC[C@H](N)C(=O)O. The molecule has 0 fully saturated rings. The topological polar surface area (TPSA) is 122 Å². The minimum atomic E-state index is -1.12. The highest BCUT2D eigenvalue weighted by atomic mass is 32.2. The van der Waals surface area contributed by atoms with Gasteiger partial charge in [-0.1, -0.05) is 0 Å². The summed E-state index contributed by atoms with van der Waals surface area (Å²) in [5.74, 6) is -1.48. The summed E-state index contributed by atoms with van der Waals surface area (Å²) >= 11 is 1.06. The first-order valence-corrected chi connectivity index (χ1v) is 6.15. The second kappa shape index (κ2) is 7.91. The van der Waals surface area contributed by atoms with Crippen LogP contribution in [0.25, 0.3) is 0 Å². The summed E-state index contributed by atoms with van der Waals surface area (Å²) < 4.78 is 0. The zero-order chi connectivity index (χ0) is 13.4. The first-order valence-electron chi connectivity index (χ1n) is 4.99. The molecular formula is C9H17N3O4S. The van der Waals surface area contributed by atoms with Gasteiger partial charge in [-0.2, -0.15) is 0 Å². The third-order valence-electron chi connectivity index (χ3n) is 1.52. The van der Waals surface area contributed by atoms with Crippen LogP contribution in [-0.2, 0) is 9.59 Å². The van der Waals surface area contributed by atoms with Crippen LogP contribution in [0.15, 0.2) is 0 Å². The maximum Gasteiger partial charge on any atom is 0.321 e. The number of aliphatic carboxylic acids is 1. The Labute approximate surface area is 104 Å². The maximum atomic E-state index is 11.2. The smallest absolute Gasteiger partial charge is 0.321 e. The van der Waals surface area contributed by atoms with Crippen LogP contribution in [-0.4, -0.2) is 46.6 Å². The van der Waals surface area contributed by atoms with E-state index in [4.69, 9.17) is 10.8 Å². The number of urea groups is 1. The maximum absolute atomic E-state index is 11.2. The molecule has 0 spiro atoms. The summed E-state index contributed by atoms with van der Waals surface area (Å²) in [7, 11) is 0. The molecule has 0 heterocycles. The van der Waals surface area contributed by atoms with E-state index >= 15 is 0 Å². The second-order valence-corrected chi connectivity index (χ2v) is 4.67. The standard InChI is InChI=1S/C9H17N3O4S/c1-5(2)11-9(16)12-7(13)4-17-3-6(10)8(14)15/h5-6H,3-4,10H2,1-2H3,(H,14,15)(H2,11,12,13,16)/t6-/m0/s1. The van der Waals surface area contributed by atoms with Crippen molar-refractivity contribution in [2.24, 2.45) is 5.73 Å². The molecule has 0 saturated heterocycles. The molecule has 7 nitrogen and oxygen atoms in total. The minimum absolute atomic E-state index is 0.00745. The lowest BCUT2D eigenvalue weighted by atomic mass is 10.4. The summed E-state index contributed by atoms with van der Waals surface area (Å²) in [6, 6.07) is -1.62. The van der Waals surface area contributed by atoms with Crippen LogP contribution < -0.4 is 16.4 Å². The highest BCUT2D eigenvalue weighted by molar-refractivity contribution is 8.00. The van der Waals surface area contributed by atoms with Gasteiger partial charge in [0, 0.05) is 11.8 Å². The molecule has 0 saturated carbocycles. The van der Waals surface area contributed by atoms with E-state index in [-0.39, 0.29) is 17.5 Å². The second-order valence-electron chi connectivity index (χ2n) is 3.64. The number of thioether (sulfide) groups is 1. The number of rotatable bonds is 6. The largest absolute Gasteiger partial charge is 0.480 e. The van der Waals surface area contributed by atoms with Gasteiger partial charge in [-0.25, -0.2) is 4.79 Å². The van der Waals surface area contributed by atoms with Crippen molar-refractivity contribution in [2.45, 2.75) is 25.9 Å². The van der Waals surface area contributed by atoms with E-state index in [1.54, 1.807) is 13.8 Å². The Hall–Kier alpha value is -1.28. The first kappa shape index (κ1) is 15.7. The lowest BCUT2D eigenvalue weighted by Crippen LogP contribution is -2.43. The predicted molar refractivity (Wildman–Crippen MR) is 64.7 cm³/mol. The fourth-order valence-electron chi connectivity index (χ4n) is 0.811. The predicted octanol–water partition coefficient (Wildman–Crippen LogP) is -0.634. The fraction of sp³-hybridized carbons (Fsp3) is 0.667. The first-order chi connectivity index (χ1) is 7.82. The quantitative estimate of drug-likeness (QED) is 0.506. The van der Waals surface area contributed by atoms with Crippen LogP contribution in [0.5, 0.6) is 0 Å². The fourth-order valence-corrected chi connectivity index (χ4v) is 1.58. The van der Waals surface area contributed by atoms with Gasteiger partial charge in [0.05, 0.1) is 5.75 Å². The van der Waals surface area contributed by atoms with Crippen molar-refractivity contribution < 1.29 is 19.5 Å². The van der Waals surface area contributed by atoms with Gasteiger partial charge in [-0.05, 0) is 13.8 Å². The van der Waals surface area contributed by atoms with Crippen molar-refractivity contribution in [3.63, 3.8) is 0 Å². The lowest BCUT2D eigenvalue weighted by molar-refractivity contribution is -0.138. The van der Waals surface area contributed by atoms with Crippen molar-refractivity contribution >= 4 is 29.7 Å².